The lowest BCUT2D eigenvalue weighted by molar-refractivity contribution is -0.389. The molecule has 0 N–H and O–H groups in total. The fourth-order valence-corrected chi connectivity index (χ4v) is 5.23. The quantitative estimate of drug-likeness (QED) is 0.194. The van der Waals surface area contributed by atoms with Gasteiger partial charge < -0.3 is 29.2 Å². The number of piperidine rings is 1. The Morgan fingerprint density at radius 3 is 2.56 bits per heavy atom. The van der Waals surface area contributed by atoms with Gasteiger partial charge in [0.25, 0.3) is 0 Å². The highest BCUT2D eigenvalue weighted by molar-refractivity contribution is 5.49. The van der Waals surface area contributed by atoms with Crippen molar-refractivity contribution >= 4 is 11.5 Å². The largest absolute Gasteiger partial charge is 0.493 e. The van der Waals surface area contributed by atoms with Crippen LogP contribution in [0.5, 0.6) is 17.5 Å². The van der Waals surface area contributed by atoms with Gasteiger partial charge in [-0.25, -0.2) is 8.78 Å². The van der Waals surface area contributed by atoms with Crippen molar-refractivity contribution in [2.45, 2.75) is 44.8 Å². The average molecular weight is 547 g/mol. The molecule has 2 aliphatic heterocycles. The summed E-state index contributed by atoms with van der Waals surface area (Å²) < 4.78 is 59.1. The van der Waals surface area contributed by atoms with E-state index in [1.807, 2.05) is 24.3 Å². The van der Waals surface area contributed by atoms with E-state index >= 15 is 0 Å². The first-order valence-electron chi connectivity index (χ1n) is 12.9. The van der Waals surface area contributed by atoms with Gasteiger partial charge in [-0.2, -0.15) is 4.39 Å². The number of benzene rings is 2. The molecule has 1 atom stereocenters. The molecule has 1 fully saturated rings. The van der Waals surface area contributed by atoms with E-state index in [1.54, 1.807) is 4.57 Å². The SMILES string of the molecule is COc1c(CCCC2CCN(c3ccc(OC[C@H]4Cn5cc([N+](=O)[O-])nc5O4)cc3)CC2)cc(F)c(F)c1F. The second-order valence-electron chi connectivity index (χ2n) is 9.84. The Balaban J connectivity index is 1.04. The molecule has 0 unspecified atom stereocenters. The first-order valence-corrected chi connectivity index (χ1v) is 12.9. The molecular formula is C27H29F3N4O5. The maximum Gasteiger partial charge on any atom is 0.414 e. The molecule has 1 aromatic heterocycles. The van der Waals surface area contributed by atoms with E-state index in [-0.39, 0.29) is 23.7 Å². The fraction of sp³-hybridized carbons (Fsp3) is 0.444. The molecule has 39 heavy (non-hydrogen) atoms. The predicted octanol–water partition coefficient (Wildman–Crippen LogP) is 5.30. The van der Waals surface area contributed by atoms with Gasteiger partial charge in [0.15, 0.2) is 23.5 Å². The van der Waals surface area contributed by atoms with Crippen LogP contribution in [-0.2, 0) is 13.0 Å². The third-order valence-electron chi connectivity index (χ3n) is 7.30. The summed E-state index contributed by atoms with van der Waals surface area (Å²) in [7, 11) is 1.25. The second-order valence-corrected chi connectivity index (χ2v) is 9.84. The van der Waals surface area contributed by atoms with Crippen molar-refractivity contribution in [2.24, 2.45) is 5.92 Å². The summed E-state index contributed by atoms with van der Waals surface area (Å²) in [6, 6.07) is 9.11. The first kappa shape index (κ1) is 26.6. The van der Waals surface area contributed by atoms with Crippen LogP contribution in [0.1, 0.15) is 31.2 Å². The first-order chi connectivity index (χ1) is 18.8. The normalized spacial score (nSPS) is 17.1. The molecule has 0 spiro atoms. The van der Waals surface area contributed by atoms with Crippen LogP contribution in [0.2, 0.25) is 0 Å². The van der Waals surface area contributed by atoms with Gasteiger partial charge in [-0.15, -0.1) is 0 Å². The van der Waals surface area contributed by atoms with Gasteiger partial charge in [0.05, 0.1) is 13.7 Å². The van der Waals surface area contributed by atoms with Gasteiger partial charge in [0.2, 0.25) is 5.82 Å². The zero-order valence-corrected chi connectivity index (χ0v) is 21.4. The van der Waals surface area contributed by atoms with Crippen LogP contribution < -0.4 is 19.1 Å². The lowest BCUT2D eigenvalue weighted by atomic mass is 9.90. The number of anilines is 1. The van der Waals surface area contributed by atoms with E-state index in [4.69, 9.17) is 14.2 Å². The van der Waals surface area contributed by atoms with Gasteiger partial charge in [-0.1, -0.05) is 0 Å². The zero-order chi connectivity index (χ0) is 27.5. The summed E-state index contributed by atoms with van der Waals surface area (Å²) in [4.78, 5) is 16.4. The minimum atomic E-state index is -1.51. The molecule has 208 valence electrons. The van der Waals surface area contributed by atoms with Crippen molar-refractivity contribution in [3.05, 3.63) is 69.7 Å². The molecule has 0 amide bonds. The average Bonchev–Trinajstić information content (AvgIpc) is 3.51. The summed E-state index contributed by atoms with van der Waals surface area (Å²) in [6.07, 6.45) is 5.18. The van der Waals surface area contributed by atoms with Crippen LogP contribution in [0.3, 0.4) is 0 Å². The molecular weight excluding hydrogens is 517 g/mol. The lowest BCUT2D eigenvalue weighted by Gasteiger charge is -2.33. The minimum Gasteiger partial charge on any atom is -0.493 e. The van der Waals surface area contributed by atoms with Gasteiger partial charge in [-0.05, 0) is 73.3 Å². The molecule has 3 aromatic rings. The molecule has 2 aromatic carbocycles. The fourth-order valence-electron chi connectivity index (χ4n) is 5.23. The minimum absolute atomic E-state index is 0.218. The molecule has 9 nitrogen and oxygen atoms in total. The summed E-state index contributed by atoms with van der Waals surface area (Å²) in [5.74, 6) is -3.21. The smallest absolute Gasteiger partial charge is 0.414 e. The Morgan fingerprint density at radius 2 is 1.90 bits per heavy atom. The van der Waals surface area contributed by atoms with Crippen molar-refractivity contribution in [1.82, 2.24) is 9.55 Å². The Morgan fingerprint density at radius 1 is 1.15 bits per heavy atom. The van der Waals surface area contributed by atoms with E-state index < -0.39 is 22.4 Å². The summed E-state index contributed by atoms with van der Waals surface area (Å²) in [5.41, 5.74) is 1.45. The van der Waals surface area contributed by atoms with E-state index in [0.717, 1.165) is 50.5 Å². The standard InChI is InChI=1S/C27H29F3N4O5/c1-37-26-18(13-22(28)24(29)25(26)30)4-2-3-17-9-11-32(12-10-17)19-5-7-20(8-6-19)38-16-21-14-33-15-23(34(35)36)31-27(33)39-21/h5-8,13,15,17,21H,2-4,9-12,14,16H2,1H3/t21-/m1/s1. The molecule has 5 rings (SSSR count). The molecule has 3 heterocycles. The number of nitro groups is 1. The van der Waals surface area contributed by atoms with E-state index in [0.29, 0.717) is 36.8 Å². The van der Waals surface area contributed by atoms with E-state index in [2.05, 4.69) is 9.88 Å². The third-order valence-corrected chi connectivity index (χ3v) is 7.30. The highest BCUT2D eigenvalue weighted by Crippen LogP contribution is 2.31. The monoisotopic (exact) mass is 546 g/mol. The topological polar surface area (TPSA) is 91.9 Å². The number of rotatable bonds is 10. The number of nitrogens with zero attached hydrogens (tertiary/aromatic N) is 4. The number of fused-ring (bicyclic) bond motifs is 1. The summed E-state index contributed by atoms with van der Waals surface area (Å²) in [6.45, 7) is 2.54. The van der Waals surface area contributed by atoms with E-state index in [9.17, 15) is 23.3 Å². The van der Waals surface area contributed by atoms with Crippen LogP contribution in [0.15, 0.2) is 36.5 Å². The van der Waals surface area contributed by atoms with Crippen LogP contribution >= 0.6 is 0 Å². The van der Waals surface area contributed by atoms with Crippen molar-refractivity contribution in [3.8, 4) is 17.5 Å². The highest BCUT2D eigenvalue weighted by Gasteiger charge is 2.31. The lowest BCUT2D eigenvalue weighted by Crippen LogP contribution is -2.33. The molecule has 12 heteroatoms. The van der Waals surface area contributed by atoms with Crippen molar-refractivity contribution < 1.29 is 32.3 Å². The van der Waals surface area contributed by atoms with Crippen LogP contribution in [-0.4, -0.2) is 47.4 Å². The van der Waals surface area contributed by atoms with Crippen LogP contribution in [0.4, 0.5) is 24.7 Å². The Hall–Kier alpha value is -3.96. The second kappa shape index (κ2) is 11.4. The number of methoxy groups -OCH3 is 1. The van der Waals surface area contributed by atoms with Gasteiger partial charge in [-0.3, -0.25) is 4.57 Å². The molecule has 0 aliphatic carbocycles. The zero-order valence-electron chi connectivity index (χ0n) is 21.4. The highest BCUT2D eigenvalue weighted by atomic mass is 19.2. The number of hydrogen-bond acceptors (Lipinski definition) is 7. The van der Waals surface area contributed by atoms with Crippen LogP contribution in [0.25, 0.3) is 0 Å². The summed E-state index contributed by atoms with van der Waals surface area (Å²) >= 11 is 0. The number of hydrogen-bond donors (Lipinski definition) is 0. The maximum atomic E-state index is 13.9. The Labute approximate surface area is 223 Å². The summed E-state index contributed by atoms with van der Waals surface area (Å²) in [5, 5.41) is 10.8. The van der Waals surface area contributed by atoms with Gasteiger partial charge in [0, 0.05) is 29.3 Å². The number of aryl methyl sites for hydroxylation is 1. The van der Waals surface area contributed by atoms with Crippen molar-refractivity contribution in [3.63, 3.8) is 0 Å². The number of halogens is 3. The molecule has 2 aliphatic rings. The Kier molecular flexibility index (Phi) is 7.80. The molecule has 1 saturated heterocycles. The van der Waals surface area contributed by atoms with Gasteiger partial charge >= 0.3 is 11.8 Å². The van der Waals surface area contributed by atoms with Crippen LogP contribution in [0, 0.1) is 33.5 Å². The van der Waals surface area contributed by atoms with Crippen molar-refractivity contribution in [2.75, 3.05) is 31.7 Å². The molecule has 0 bridgehead atoms. The van der Waals surface area contributed by atoms with E-state index in [1.165, 1.54) is 13.3 Å². The number of ether oxygens (including phenoxy) is 3. The maximum absolute atomic E-state index is 13.9. The third kappa shape index (κ3) is 5.89. The van der Waals surface area contributed by atoms with Crippen molar-refractivity contribution in [1.29, 1.82) is 0 Å². The van der Waals surface area contributed by atoms with Gasteiger partial charge in [0.1, 0.15) is 18.6 Å². The predicted molar refractivity (Wildman–Crippen MR) is 136 cm³/mol. The Bertz CT molecular complexity index is 1300. The number of imidazole rings is 1. The molecule has 0 saturated carbocycles. The number of aromatic nitrogens is 2. The molecule has 0 radical (unpaired) electrons.